The maximum Gasteiger partial charge on any atom is 0.303 e. The molecule has 5 atom stereocenters. The zero-order chi connectivity index (χ0) is 21.6. The fourth-order valence-electron chi connectivity index (χ4n) is 4.81. The van der Waals surface area contributed by atoms with Gasteiger partial charge in [-0.15, -0.1) is 0 Å². The van der Waals surface area contributed by atoms with Gasteiger partial charge in [0.25, 0.3) is 5.92 Å². The fourth-order valence-corrected chi connectivity index (χ4v) is 4.81. The first-order valence-electron chi connectivity index (χ1n) is 10.9. The van der Waals surface area contributed by atoms with Gasteiger partial charge in [0, 0.05) is 13.0 Å². The normalized spacial score (nSPS) is 29.5. The maximum atomic E-state index is 14.4. The Balaban J connectivity index is 1.54. The van der Waals surface area contributed by atoms with Gasteiger partial charge in [0.2, 0.25) is 0 Å². The van der Waals surface area contributed by atoms with Crippen LogP contribution in [-0.2, 0) is 9.53 Å². The number of para-hydroxylation sites is 1. The Labute approximate surface area is 177 Å². The van der Waals surface area contributed by atoms with Crippen molar-refractivity contribution in [3.8, 4) is 5.75 Å². The van der Waals surface area contributed by atoms with Crippen molar-refractivity contribution < 1.29 is 28.2 Å². The molecule has 1 aliphatic carbocycles. The van der Waals surface area contributed by atoms with Crippen molar-refractivity contribution in [2.45, 2.75) is 57.5 Å². The summed E-state index contributed by atoms with van der Waals surface area (Å²) in [6.07, 6.45) is 7.27. The highest BCUT2D eigenvalue weighted by molar-refractivity contribution is 5.66. The van der Waals surface area contributed by atoms with Crippen LogP contribution in [0.3, 0.4) is 0 Å². The number of rotatable bonds is 9. The minimum Gasteiger partial charge on any atom is -0.487 e. The summed E-state index contributed by atoms with van der Waals surface area (Å²) in [6, 6.07) is 8.65. The van der Waals surface area contributed by atoms with Gasteiger partial charge in [-0.05, 0) is 74.0 Å². The summed E-state index contributed by atoms with van der Waals surface area (Å²) in [4.78, 5) is 10.7. The van der Waals surface area contributed by atoms with E-state index in [0.29, 0.717) is 30.6 Å². The molecule has 2 aliphatic rings. The average Bonchev–Trinajstić information content (AvgIpc) is 2.88. The predicted molar refractivity (Wildman–Crippen MR) is 111 cm³/mol. The van der Waals surface area contributed by atoms with Gasteiger partial charge in [0.1, 0.15) is 5.75 Å². The second-order valence-electron chi connectivity index (χ2n) is 8.78. The molecular formula is C24H32F2O4. The smallest absolute Gasteiger partial charge is 0.303 e. The van der Waals surface area contributed by atoms with Crippen molar-refractivity contribution in [1.29, 1.82) is 0 Å². The van der Waals surface area contributed by atoms with Crippen molar-refractivity contribution in [2.24, 2.45) is 23.7 Å². The molecule has 0 radical (unpaired) electrons. The highest BCUT2D eigenvalue weighted by Crippen LogP contribution is 2.45. The van der Waals surface area contributed by atoms with E-state index in [1.165, 1.54) is 0 Å². The third-order valence-electron chi connectivity index (χ3n) is 6.43. The molecule has 1 aliphatic heterocycles. The molecule has 3 rings (SSSR count). The molecule has 1 N–H and O–H groups in total. The predicted octanol–water partition coefficient (Wildman–Crippen LogP) is 5.58. The molecule has 0 unspecified atom stereocenters. The molecule has 1 saturated carbocycles. The van der Waals surface area contributed by atoms with Crippen LogP contribution >= 0.6 is 0 Å². The first-order chi connectivity index (χ1) is 14.3. The van der Waals surface area contributed by atoms with Crippen molar-refractivity contribution in [2.75, 3.05) is 13.2 Å². The highest BCUT2D eigenvalue weighted by Gasteiger charge is 2.42. The Kier molecular flexibility index (Phi) is 7.87. The Morgan fingerprint density at radius 2 is 2.07 bits per heavy atom. The summed E-state index contributed by atoms with van der Waals surface area (Å²) in [5.41, 5.74) is 0. The molecule has 0 spiro atoms. The lowest BCUT2D eigenvalue weighted by atomic mass is 9.84. The van der Waals surface area contributed by atoms with E-state index in [0.717, 1.165) is 31.8 Å². The van der Waals surface area contributed by atoms with Gasteiger partial charge >= 0.3 is 5.97 Å². The average molecular weight is 423 g/mol. The first kappa shape index (κ1) is 22.7. The highest BCUT2D eigenvalue weighted by atomic mass is 19.3. The van der Waals surface area contributed by atoms with Gasteiger partial charge in [-0.3, -0.25) is 4.79 Å². The van der Waals surface area contributed by atoms with Gasteiger partial charge < -0.3 is 14.6 Å². The van der Waals surface area contributed by atoms with E-state index in [9.17, 15) is 13.6 Å². The molecule has 1 heterocycles. The Morgan fingerprint density at radius 3 is 2.80 bits per heavy atom. The monoisotopic (exact) mass is 422 g/mol. The molecule has 1 saturated heterocycles. The molecule has 166 valence electrons. The van der Waals surface area contributed by atoms with Crippen LogP contribution < -0.4 is 4.74 Å². The number of halogens is 2. The quantitative estimate of drug-likeness (QED) is 0.528. The summed E-state index contributed by atoms with van der Waals surface area (Å²) in [5.74, 6) is -2.40. The molecule has 30 heavy (non-hydrogen) atoms. The van der Waals surface area contributed by atoms with Crippen LogP contribution in [0.1, 0.15) is 45.4 Å². The molecule has 4 nitrogen and oxygen atoms in total. The number of hydrogen-bond acceptors (Lipinski definition) is 3. The van der Waals surface area contributed by atoms with E-state index in [2.05, 4.69) is 6.92 Å². The second-order valence-corrected chi connectivity index (χ2v) is 8.78. The summed E-state index contributed by atoms with van der Waals surface area (Å²) in [6.45, 7) is 2.08. The number of hydrogen-bond donors (Lipinski definition) is 1. The second kappa shape index (κ2) is 10.4. The third-order valence-corrected chi connectivity index (χ3v) is 6.43. The Morgan fingerprint density at radius 1 is 1.30 bits per heavy atom. The molecule has 0 bridgehead atoms. The molecule has 6 heteroatoms. The molecule has 1 aromatic carbocycles. The lowest BCUT2D eigenvalue weighted by Crippen LogP contribution is -2.24. The molecule has 0 amide bonds. The number of fused-ring (bicyclic) bond motifs is 1. The van der Waals surface area contributed by atoms with Crippen LogP contribution in [0.2, 0.25) is 0 Å². The van der Waals surface area contributed by atoms with Crippen molar-refractivity contribution in [1.82, 2.24) is 0 Å². The van der Waals surface area contributed by atoms with Gasteiger partial charge in [-0.2, -0.15) is 8.78 Å². The number of carbonyl (C=O) groups is 1. The van der Waals surface area contributed by atoms with E-state index in [1.807, 2.05) is 6.07 Å². The number of aliphatic carboxylic acids is 1. The standard InChI is InChI=1S/C24H32F2O4/c1-17-14-22-21(11-10-18(15-29-22)6-5-9-23(27)28)20(17)12-13-24(25,26)16-30-19-7-3-2-4-8-19/h2-4,7-8,12-13,17-18,20-22H,5-6,9-11,14-16H2,1H3,(H,27,28)/b13-12+/t17-,18+,20+,21-,22+/m1/s1. The number of benzene rings is 1. The van der Waals surface area contributed by atoms with Crippen molar-refractivity contribution in [3.63, 3.8) is 0 Å². The van der Waals surface area contributed by atoms with Crippen LogP contribution in [0.5, 0.6) is 5.75 Å². The van der Waals surface area contributed by atoms with Crippen molar-refractivity contribution in [3.05, 3.63) is 42.5 Å². The van der Waals surface area contributed by atoms with Gasteiger partial charge in [0.05, 0.1) is 6.10 Å². The van der Waals surface area contributed by atoms with Crippen LogP contribution in [-0.4, -0.2) is 36.3 Å². The summed E-state index contributed by atoms with van der Waals surface area (Å²) >= 11 is 0. The minimum atomic E-state index is -3.03. The van der Waals surface area contributed by atoms with Gasteiger partial charge in [0.15, 0.2) is 6.61 Å². The zero-order valence-corrected chi connectivity index (χ0v) is 17.5. The number of allylic oxidation sites excluding steroid dienone is 1. The summed E-state index contributed by atoms with van der Waals surface area (Å²) in [7, 11) is 0. The first-order valence-corrected chi connectivity index (χ1v) is 10.9. The number of carboxylic acids is 1. The lowest BCUT2D eigenvalue weighted by molar-refractivity contribution is -0.137. The van der Waals surface area contributed by atoms with Crippen molar-refractivity contribution >= 4 is 5.97 Å². The van der Waals surface area contributed by atoms with Crippen LogP contribution in [0.25, 0.3) is 0 Å². The SMILES string of the molecule is C[C@@H]1C[C@@H]2OC[C@@H](CCCC(=O)O)CC[C@@H]2[C@H]1/C=C/C(F)(F)COc1ccccc1. The van der Waals surface area contributed by atoms with Gasteiger partial charge in [-0.1, -0.05) is 31.2 Å². The van der Waals surface area contributed by atoms with Gasteiger partial charge in [-0.25, -0.2) is 0 Å². The Hall–Kier alpha value is -1.95. The van der Waals surface area contributed by atoms with Crippen LogP contribution in [0.15, 0.2) is 42.5 Å². The zero-order valence-electron chi connectivity index (χ0n) is 17.5. The number of ether oxygens (including phenoxy) is 2. The molecular weight excluding hydrogens is 390 g/mol. The number of carboxylic acid groups (broad SMARTS) is 1. The largest absolute Gasteiger partial charge is 0.487 e. The van der Waals surface area contributed by atoms with E-state index in [-0.39, 0.29) is 24.4 Å². The van der Waals surface area contributed by atoms with E-state index in [4.69, 9.17) is 14.6 Å². The molecule has 2 fully saturated rings. The Bertz CT molecular complexity index is 706. The minimum absolute atomic E-state index is 0.0652. The van der Waals surface area contributed by atoms with E-state index < -0.39 is 18.5 Å². The number of alkyl halides is 2. The molecule has 1 aromatic rings. The van der Waals surface area contributed by atoms with E-state index >= 15 is 0 Å². The summed E-state index contributed by atoms with van der Waals surface area (Å²) in [5, 5.41) is 8.81. The summed E-state index contributed by atoms with van der Waals surface area (Å²) < 4.78 is 40.1. The topological polar surface area (TPSA) is 55.8 Å². The van der Waals surface area contributed by atoms with Crippen LogP contribution in [0, 0.1) is 23.7 Å². The maximum absolute atomic E-state index is 14.4. The fraction of sp³-hybridized carbons (Fsp3) is 0.625. The van der Waals surface area contributed by atoms with E-state index in [1.54, 1.807) is 30.3 Å². The molecule has 0 aromatic heterocycles. The lowest BCUT2D eigenvalue weighted by Gasteiger charge is -2.22. The third kappa shape index (κ3) is 6.53. The van der Waals surface area contributed by atoms with Crippen LogP contribution in [0.4, 0.5) is 8.78 Å².